The smallest absolute Gasteiger partial charge is 0 e. The van der Waals surface area contributed by atoms with Crippen molar-refractivity contribution in [2.75, 3.05) is 0 Å². The molecule has 0 unspecified atom stereocenters. The van der Waals surface area contributed by atoms with E-state index in [1.165, 1.54) is 77.0 Å². The molecule has 0 aromatic rings. The van der Waals surface area contributed by atoms with Crippen LogP contribution in [0.15, 0.2) is 0 Å². The molecule has 3 saturated carbocycles. The molecule has 26 heavy (non-hydrogen) atoms. The van der Waals surface area contributed by atoms with Gasteiger partial charge < -0.3 is 0 Å². The quantitative estimate of drug-likeness (QED) is 0.375. The summed E-state index contributed by atoms with van der Waals surface area (Å²) in [7, 11) is 0. The normalized spacial score (nSPS) is 36.7. The topological polar surface area (TPSA) is 0 Å². The molecule has 0 atom stereocenters. The lowest BCUT2D eigenvalue weighted by atomic mass is 9.84. The van der Waals surface area contributed by atoms with Crippen LogP contribution in [-0.4, -0.2) is 8.41 Å². The molecule has 0 aliphatic heterocycles. The van der Waals surface area contributed by atoms with Crippen molar-refractivity contribution in [2.45, 2.75) is 126 Å². The van der Waals surface area contributed by atoms with E-state index >= 15 is 0 Å². The van der Waals surface area contributed by atoms with Gasteiger partial charge in [0.25, 0.3) is 0 Å². The lowest BCUT2D eigenvalue weighted by molar-refractivity contribution is 0.308. The zero-order chi connectivity index (χ0) is 17.9. The van der Waals surface area contributed by atoms with E-state index in [1.807, 2.05) is 0 Å². The summed E-state index contributed by atoms with van der Waals surface area (Å²) in [6.45, 7) is 14.2. The molecule has 3 radical (unpaired) electrons. The van der Waals surface area contributed by atoms with Crippen molar-refractivity contribution < 1.29 is 1.43 Å². The molecule has 1 heteroatoms. The average molecular weight is 367 g/mol. The van der Waals surface area contributed by atoms with Gasteiger partial charge in [-0.3, -0.25) is 0 Å². The number of rotatable bonds is 0. The van der Waals surface area contributed by atoms with Crippen LogP contribution in [-0.2, 0) is 0 Å². The first-order valence-corrected chi connectivity index (χ1v) is 11.4. The Morgan fingerprint density at radius 2 is 0.423 bits per heavy atom. The third-order valence-corrected chi connectivity index (χ3v) is 6.91. The fourth-order valence-electron chi connectivity index (χ4n) is 4.28. The molecule has 3 fully saturated rings. The molecule has 0 N–H and O–H groups in total. The third-order valence-electron chi connectivity index (χ3n) is 6.91. The summed E-state index contributed by atoms with van der Waals surface area (Å²) in [4.78, 5) is 0. The van der Waals surface area contributed by atoms with Crippen molar-refractivity contribution in [3.63, 3.8) is 0 Å². The van der Waals surface area contributed by atoms with E-state index < -0.39 is 0 Å². The van der Waals surface area contributed by atoms with E-state index in [0.717, 1.165) is 35.5 Å². The van der Waals surface area contributed by atoms with Gasteiger partial charge in [0.15, 0.2) is 0 Å². The molecular formula is C25H54B. The Morgan fingerprint density at radius 1 is 0.346 bits per heavy atom. The summed E-state index contributed by atoms with van der Waals surface area (Å²) in [6, 6.07) is 0. The lowest BCUT2D eigenvalue weighted by Gasteiger charge is -2.22. The maximum Gasteiger partial charge on any atom is 0 e. The molecule has 0 nitrogen and oxygen atoms in total. The van der Waals surface area contributed by atoms with Gasteiger partial charge >= 0.3 is 0 Å². The van der Waals surface area contributed by atoms with E-state index in [9.17, 15) is 0 Å². The molecule has 3 aliphatic carbocycles. The van der Waals surface area contributed by atoms with Crippen LogP contribution in [0.2, 0.25) is 0 Å². The Balaban J connectivity index is -0.000000303. The van der Waals surface area contributed by atoms with E-state index in [1.54, 1.807) is 0 Å². The zero-order valence-electron chi connectivity index (χ0n) is 18.5. The molecule has 0 heterocycles. The minimum absolute atomic E-state index is 0. The van der Waals surface area contributed by atoms with Crippen molar-refractivity contribution in [1.29, 1.82) is 0 Å². The predicted octanol–water partition coefficient (Wildman–Crippen LogP) is 9.00. The first-order valence-electron chi connectivity index (χ1n) is 11.4. The Bertz CT molecular complexity index is 205. The molecule has 0 bridgehead atoms. The monoisotopic (exact) mass is 366 g/mol. The maximum atomic E-state index is 2.37. The van der Waals surface area contributed by atoms with Crippen LogP contribution < -0.4 is 0 Å². The van der Waals surface area contributed by atoms with Crippen molar-refractivity contribution in [2.24, 2.45) is 35.5 Å². The molecule has 3 rings (SSSR count). The summed E-state index contributed by atoms with van der Waals surface area (Å²) < 4.78 is 0. The molecule has 0 spiro atoms. The second kappa shape index (κ2) is 16.1. The van der Waals surface area contributed by atoms with Crippen LogP contribution in [0.5, 0.6) is 0 Å². The van der Waals surface area contributed by atoms with Gasteiger partial charge in [-0.05, 0) is 35.5 Å². The largest absolute Gasteiger partial charge is 0.0776 e. The Hall–Kier alpha value is 0.0649. The van der Waals surface area contributed by atoms with Crippen molar-refractivity contribution in [3.05, 3.63) is 0 Å². The first kappa shape index (κ1) is 28.3. The molecule has 0 saturated heterocycles. The van der Waals surface area contributed by atoms with Crippen LogP contribution in [0.25, 0.3) is 0 Å². The first-order chi connectivity index (χ1) is 11.4. The number of hydrogen-bond donors (Lipinski definition) is 0. The second-order valence-corrected chi connectivity index (χ2v) is 10.1. The van der Waals surface area contributed by atoms with Crippen LogP contribution in [0.1, 0.15) is 127 Å². The Morgan fingerprint density at radius 3 is 0.500 bits per heavy atom. The van der Waals surface area contributed by atoms with E-state index in [-0.39, 0.29) is 17.3 Å². The van der Waals surface area contributed by atoms with Gasteiger partial charge in [0.2, 0.25) is 0 Å². The highest BCUT2D eigenvalue weighted by molar-refractivity contribution is 5.75. The SMILES string of the molecule is C.CC1CCC(C)CC1.CC1CCC(C)CC1.CC1CCC(C)CC1.[2HH].[B]. The van der Waals surface area contributed by atoms with Gasteiger partial charge in [0, 0.05) is 9.84 Å². The van der Waals surface area contributed by atoms with Gasteiger partial charge in [-0.2, -0.15) is 0 Å². The fourth-order valence-corrected chi connectivity index (χ4v) is 4.28. The van der Waals surface area contributed by atoms with Gasteiger partial charge in [-0.15, -0.1) is 0 Å². The molecule has 0 aromatic carbocycles. The summed E-state index contributed by atoms with van der Waals surface area (Å²) in [5.41, 5.74) is 0. The summed E-state index contributed by atoms with van der Waals surface area (Å²) >= 11 is 0. The summed E-state index contributed by atoms with van der Waals surface area (Å²) in [5, 5.41) is 0. The van der Waals surface area contributed by atoms with Crippen LogP contribution in [0.3, 0.4) is 0 Å². The minimum atomic E-state index is 0. The number of hydrogen-bond acceptors (Lipinski definition) is 0. The van der Waals surface area contributed by atoms with Crippen LogP contribution in [0, 0.1) is 35.5 Å². The third kappa shape index (κ3) is 14.2. The van der Waals surface area contributed by atoms with Crippen molar-refractivity contribution in [3.8, 4) is 0 Å². The fraction of sp³-hybridized carbons (Fsp3) is 1.00. The van der Waals surface area contributed by atoms with Crippen molar-refractivity contribution in [1.82, 2.24) is 0 Å². The molecule has 0 aromatic heterocycles. The van der Waals surface area contributed by atoms with E-state index in [4.69, 9.17) is 0 Å². The Labute approximate surface area is 171 Å². The van der Waals surface area contributed by atoms with Gasteiger partial charge in [0.05, 0.1) is 0 Å². The maximum absolute atomic E-state index is 2.37. The van der Waals surface area contributed by atoms with Crippen LogP contribution >= 0.6 is 0 Å². The molecular weight excluding hydrogens is 311 g/mol. The molecule has 0 amide bonds. The average Bonchev–Trinajstić information content (AvgIpc) is 2.57. The van der Waals surface area contributed by atoms with Gasteiger partial charge in [-0.25, -0.2) is 0 Å². The van der Waals surface area contributed by atoms with Crippen molar-refractivity contribution >= 4 is 8.41 Å². The van der Waals surface area contributed by atoms with Gasteiger partial charge in [0.1, 0.15) is 0 Å². The second-order valence-electron chi connectivity index (χ2n) is 10.1. The van der Waals surface area contributed by atoms with Crippen LogP contribution in [0.4, 0.5) is 0 Å². The Kier molecular flexibility index (Phi) is 17.5. The highest BCUT2D eigenvalue weighted by Gasteiger charge is 2.14. The van der Waals surface area contributed by atoms with E-state index in [2.05, 4.69) is 41.5 Å². The lowest BCUT2D eigenvalue weighted by Crippen LogP contribution is -2.08. The highest BCUT2D eigenvalue weighted by Crippen LogP contribution is 2.28. The standard InChI is InChI=1S/3C8H16.CH4.B.H2/c3*1-7-3-5-8(2)6-4-7;;;/h3*7-8H,3-6H2,1-2H3;1H4;;1H/i;;;;;1+1. The summed E-state index contributed by atoms with van der Waals surface area (Å²) in [6.07, 6.45) is 17.7. The molecule has 3 aliphatic rings. The van der Waals surface area contributed by atoms with Gasteiger partial charge in [-0.1, -0.05) is 126 Å². The predicted molar refractivity (Wildman–Crippen MR) is 125 cm³/mol. The van der Waals surface area contributed by atoms with E-state index in [0.29, 0.717) is 0 Å². The molecule has 157 valence electrons. The summed E-state index contributed by atoms with van der Waals surface area (Å²) in [5.74, 6) is 6.12. The minimum Gasteiger partial charge on any atom is -0.0776 e. The zero-order valence-corrected chi connectivity index (χ0v) is 18.5. The highest BCUT2D eigenvalue weighted by atomic mass is 14.2.